The summed E-state index contributed by atoms with van der Waals surface area (Å²) in [5.74, 6) is -2.87. The molecule has 4 aromatic carbocycles. The quantitative estimate of drug-likeness (QED) is 0.116. The molecular formula is C31H22F2N4O3. The molecule has 0 saturated heterocycles. The van der Waals surface area contributed by atoms with Gasteiger partial charge in [0.2, 0.25) is 5.78 Å². The van der Waals surface area contributed by atoms with Gasteiger partial charge in [-0.3, -0.25) is 4.79 Å². The molecule has 0 saturated carbocycles. The largest absolute Gasteiger partial charge is 0.506 e. The van der Waals surface area contributed by atoms with E-state index in [1.807, 2.05) is 12.1 Å². The number of imidazole rings is 1. The van der Waals surface area contributed by atoms with Crippen LogP contribution in [0.1, 0.15) is 32.9 Å². The second-order valence-corrected chi connectivity index (χ2v) is 8.89. The number of anilines is 1. The minimum absolute atomic E-state index is 0.00643. The summed E-state index contributed by atoms with van der Waals surface area (Å²) in [6, 6.07) is 23.6. The van der Waals surface area contributed by atoms with Gasteiger partial charge >= 0.3 is 0 Å². The number of rotatable bonds is 8. The zero-order valence-electron chi connectivity index (χ0n) is 21.2. The number of fused-ring (bicyclic) bond motifs is 1. The number of Topliss-reactive ketones (excluding diaryl/α,β-unsaturated/α-hetero) is 1. The number of aromatic nitrogens is 2. The van der Waals surface area contributed by atoms with Crippen molar-refractivity contribution in [2.75, 3.05) is 12.4 Å². The molecule has 1 aromatic heterocycles. The van der Waals surface area contributed by atoms with E-state index in [0.29, 0.717) is 29.2 Å². The number of halogens is 2. The number of ether oxygens (including phenoxy) is 1. The van der Waals surface area contributed by atoms with Gasteiger partial charge in [-0.25, -0.2) is 13.8 Å². The molecule has 0 amide bonds. The van der Waals surface area contributed by atoms with Gasteiger partial charge in [-0.1, -0.05) is 24.3 Å². The maximum absolute atomic E-state index is 14.0. The summed E-state index contributed by atoms with van der Waals surface area (Å²) >= 11 is 0. The maximum Gasteiger partial charge on any atom is 0.204 e. The summed E-state index contributed by atoms with van der Waals surface area (Å²) in [4.78, 5) is 21.3. The molecule has 0 spiro atoms. The third-order valence-corrected chi connectivity index (χ3v) is 6.22. The summed E-state index contributed by atoms with van der Waals surface area (Å²) in [5, 5.41) is 23.6. The van der Waals surface area contributed by atoms with Crippen molar-refractivity contribution in [1.29, 1.82) is 5.26 Å². The first kappa shape index (κ1) is 26.1. The smallest absolute Gasteiger partial charge is 0.204 e. The van der Waals surface area contributed by atoms with Crippen molar-refractivity contribution >= 4 is 33.8 Å². The van der Waals surface area contributed by atoms with Gasteiger partial charge in [0.05, 0.1) is 35.3 Å². The molecule has 1 heterocycles. The number of allylic oxidation sites excluding steroid dienone is 1. The Morgan fingerprint density at radius 1 is 1.02 bits per heavy atom. The molecule has 0 aliphatic carbocycles. The Hall–Kier alpha value is -5.49. The number of hydrogen-bond acceptors (Lipinski definition) is 6. The average Bonchev–Trinajstić information content (AvgIpc) is 3.38. The predicted octanol–water partition coefficient (Wildman–Crippen LogP) is 6.64. The number of aliphatic hydroxyl groups excluding tert-OH is 1. The van der Waals surface area contributed by atoms with Crippen LogP contribution in [0.3, 0.4) is 0 Å². The molecule has 0 aliphatic heterocycles. The zero-order chi connectivity index (χ0) is 28.2. The fourth-order valence-corrected chi connectivity index (χ4v) is 4.32. The van der Waals surface area contributed by atoms with Crippen LogP contribution in [0.5, 0.6) is 5.75 Å². The Labute approximate surface area is 228 Å². The number of H-pyrrole nitrogens is 1. The number of methoxy groups -OCH3 is 1. The lowest BCUT2D eigenvalue weighted by Crippen LogP contribution is -2.09. The van der Waals surface area contributed by atoms with E-state index >= 15 is 0 Å². The second-order valence-electron chi connectivity index (χ2n) is 8.89. The predicted molar refractivity (Wildman–Crippen MR) is 148 cm³/mol. The van der Waals surface area contributed by atoms with E-state index in [4.69, 9.17) is 10.00 Å². The molecule has 0 radical (unpaired) electrons. The number of carbonyl (C=O) groups excluding carboxylic acids is 1. The van der Waals surface area contributed by atoms with Crippen LogP contribution < -0.4 is 10.1 Å². The lowest BCUT2D eigenvalue weighted by atomic mass is 9.98. The highest BCUT2D eigenvalue weighted by atomic mass is 19.1. The van der Waals surface area contributed by atoms with Gasteiger partial charge in [-0.05, 0) is 60.2 Å². The monoisotopic (exact) mass is 536 g/mol. The molecule has 198 valence electrons. The number of para-hydroxylation sites is 1. The standard InChI is InChI=1S/C31H22F2N4O3/c1-40-27-8-3-2-7-24(27)30(39)28(29(38)20-12-21(32)14-22(33)13-20)31-36-25-10-9-23(15-26(25)37-31)35-17-19-6-4-5-18(11-19)16-34/h2-15,35,38H,17H2,1H3,(H,36,37)/b29-28-. The molecule has 40 heavy (non-hydrogen) atoms. The van der Waals surface area contributed by atoms with Crippen molar-refractivity contribution in [3.63, 3.8) is 0 Å². The minimum atomic E-state index is -0.911. The number of nitrogens with zero attached hydrogens (tertiary/aromatic N) is 2. The van der Waals surface area contributed by atoms with Crippen molar-refractivity contribution in [3.05, 3.63) is 125 Å². The number of nitriles is 1. The molecule has 3 N–H and O–H groups in total. The van der Waals surface area contributed by atoms with E-state index in [2.05, 4.69) is 21.4 Å². The topological polar surface area (TPSA) is 111 Å². The normalized spacial score (nSPS) is 11.6. The van der Waals surface area contributed by atoms with Gasteiger partial charge in [0.25, 0.3) is 0 Å². The van der Waals surface area contributed by atoms with Crippen LogP contribution in [0.2, 0.25) is 0 Å². The van der Waals surface area contributed by atoms with Crippen LogP contribution in [-0.2, 0) is 6.54 Å². The maximum atomic E-state index is 14.0. The Morgan fingerprint density at radius 3 is 2.55 bits per heavy atom. The fourth-order valence-electron chi connectivity index (χ4n) is 4.32. The summed E-state index contributed by atoms with van der Waals surface area (Å²) in [6.45, 7) is 0.464. The lowest BCUT2D eigenvalue weighted by Gasteiger charge is -2.11. The first-order chi connectivity index (χ1) is 19.4. The van der Waals surface area contributed by atoms with Gasteiger partial charge < -0.3 is 20.1 Å². The number of nitrogens with one attached hydrogen (secondary N) is 2. The molecule has 7 nitrogen and oxygen atoms in total. The number of ketones is 1. The highest BCUT2D eigenvalue weighted by Gasteiger charge is 2.26. The Balaban J connectivity index is 1.57. The average molecular weight is 537 g/mol. The number of carbonyl (C=O) groups is 1. The van der Waals surface area contributed by atoms with E-state index in [1.165, 1.54) is 13.2 Å². The summed E-state index contributed by atoms with van der Waals surface area (Å²) < 4.78 is 33.4. The van der Waals surface area contributed by atoms with E-state index < -0.39 is 23.2 Å². The number of aromatic amines is 1. The molecule has 0 atom stereocenters. The SMILES string of the molecule is COc1ccccc1C(=O)/C(=C(/O)c1cc(F)cc(F)c1)c1nc2ccc(NCc3cccc(C#N)c3)cc2[nH]1. The van der Waals surface area contributed by atoms with Crippen LogP contribution in [0.25, 0.3) is 22.4 Å². The van der Waals surface area contributed by atoms with E-state index in [-0.39, 0.29) is 28.3 Å². The molecule has 0 fully saturated rings. The van der Waals surface area contributed by atoms with Gasteiger partial charge in [-0.2, -0.15) is 5.26 Å². The van der Waals surface area contributed by atoms with Gasteiger partial charge in [0, 0.05) is 23.9 Å². The molecule has 9 heteroatoms. The Kier molecular flexibility index (Phi) is 7.25. The van der Waals surface area contributed by atoms with E-state index in [9.17, 15) is 18.7 Å². The van der Waals surface area contributed by atoms with Crippen molar-refractivity contribution < 1.29 is 23.4 Å². The van der Waals surface area contributed by atoms with E-state index in [0.717, 1.165) is 23.4 Å². The summed E-state index contributed by atoms with van der Waals surface area (Å²) in [6.07, 6.45) is 0. The van der Waals surface area contributed by atoms with Gasteiger partial charge in [-0.15, -0.1) is 0 Å². The Morgan fingerprint density at radius 2 is 1.80 bits per heavy atom. The molecule has 0 unspecified atom stereocenters. The molecule has 5 rings (SSSR count). The minimum Gasteiger partial charge on any atom is -0.506 e. The first-order valence-corrected chi connectivity index (χ1v) is 12.2. The van der Waals surface area contributed by atoms with Crippen molar-refractivity contribution in [3.8, 4) is 11.8 Å². The number of aliphatic hydroxyl groups is 1. The number of benzene rings is 4. The van der Waals surface area contributed by atoms with Crippen molar-refractivity contribution in [1.82, 2.24) is 9.97 Å². The first-order valence-electron chi connectivity index (χ1n) is 12.2. The molecule has 5 aromatic rings. The Bertz CT molecular complexity index is 1800. The van der Waals surface area contributed by atoms with Crippen molar-refractivity contribution in [2.45, 2.75) is 6.54 Å². The van der Waals surface area contributed by atoms with E-state index in [1.54, 1.807) is 48.5 Å². The molecular weight excluding hydrogens is 514 g/mol. The third kappa shape index (κ3) is 5.37. The second kappa shape index (κ2) is 11.1. The van der Waals surface area contributed by atoms with Gasteiger partial charge in [0.15, 0.2) is 0 Å². The zero-order valence-corrected chi connectivity index (χ0v) is 21.2. The highest BCUT2D eigenvalue weighted by Crippen LogP contribution is 2.32. The molecule has 0 aliphatic rings. The van der Waals surface area contributed by atoms with Gasteiger partial charge in [0.1, 0.15) is 34.5 Å². The van der Waals surface area contributed by atoms with Crippen LogP contribution in [0, 0.1) is 23.0 Å². The van der Waals surface area contributed by atoms with Crippen molar-refractivity contribution in [2.24, 2.45) is 0 Å². The van der Waals surface area contributed by atoms with Crippen LogP contribution in [-0.4, -0.2) is 28.0 Å². The molecule has 0 bridgehead atoms. The summed E-state index contributed by atoms with van der Waals surface area (Å²) in [7, 11) is 1.41. The lowest BCUT2D eigenvalue weighted by molar-refractivity contribution is 0.105. The van der Waals surface area contributed by atoms with Crippen LogP contribution in [0.15, 0.2) is 84.9 Å². The third-order valence-electron chi connectivity index (χ3n) is 6.22. The van der Waals surface area contributed by atoms with Crippen LogP contribution >= 0.6 is 0 Å². The highest BCUT2D eigenvalue weighted by molar-refractivity contribution is 6.33. The fraction of sp³-hybridized carbons (Fsp3) is 0.0645. The number of hydrogen-bond donors (Lipinski definition) is 3. The van der Waals surface area contributed by atoms with Crippen LogP contribution in [0.4, 0.5) is 14.5 Å². The summed E-state index contributed by atoms with van der Waals surface area (Å²) in [5.41, 5.74) is 2.89.